The second kappa shape index (κ2) is 4.62. The van der Waals surface area contributed by atoms with Crippen molar-refractivity contribution in [1.29, 1.82) is 0 Å². The van der Waals surface area contributed by atoms with Crippen molar-refractivity contribution in [3.05, 3.63) is 46.0 Å². The van der Waals surface area contributed by atoms with Crippen molar-refractivity contribution < 1.29 is 5.11 Å². The van der Waals surface area contributed by atoms with Gasteiger partial charge in [-0.2, -0.15) is 4.98 Å². The van der Waals surface area contributed by atoms with Crippen LogP contribution in [0.1, 0.15) is 24.4 Å². The van der Waals surface area contributed by atoms with Crippen molar-refractivity contribution in [1.82, 2.24) is 9.97 Å². The van der Waals surface area contributed by atoms with Crippen LogP contribution in [0, 0.1) is 6.92 Å². The lowest BCUT2D eigenvalue weighted by molar-refractivity contribution is 0.447. The molecule has 5 nitrogen and oxygen atoms in total. The SMILES string of the molecule is Cc1ccc(-c2c(O)nc(C(C)N)[nH]c2=O)cc1. The third-order valence-electron chi connectivity index (χ3n) is 2.69. The van der Waals surface area contributed by atoms with Gasteiger partial charge in [0.2, 0.25) is 5.88 Å². The molecule has 94 valence electrons. The molecule has 1 atom stereocenters. The maximum absolute atomic E-state index is 11.9. The molecule has 0 spiro atoms. The van der Waals surface area contributed by atoms with Crippen molar-refractivity contribution in [3.63, 3.8) is 0 Å². The van der Waals surface area contributed by atoms with Gasteiger partial charge in [0.25, 0.3) is 5.56 Å². The zero-order valence-corrected chi connectivity index (χ0v) is 10.3. The smallest absolute Gasteiger partial charge is 0.262 e. The highest BCUT2D eigenvalue weighted by Crippen LogP contribution is 2.24. The highest BCUT2D eigenvalue weighted by Gasteiger charge is 2.14. The van der Waals surface area contributed by atoms with Crippen molar-refractivity contribution >= 4 is 0 Å². The average molecular weight is 245 g/mol. The number of nitrogens with one attached hydrogen (secondary N) is 1. The molecule has 2 rings (SSSR count). The third-order valence-corrected chi connectivity index (χ3v) is 2.69. The van der Waals surface area contributed by atoms with E-state index in [2.05, 4.69) is 9.97 Å². The van der Waals surface area contributed by atoms with Crippen molar-refractivity contribution in [2.75, 3.05) is 0 Å². The largest absolute Gasteiger partial charge is 0.493 e. The molecule has 1 aromatic heterocycles. The lowest BCUT2D eigenvalue weighted by Crippen LogP contribution is -2.19. The van der Waals surface area contributed by atoms with E-state index in [9.17, 15) is 9.90 Å². The summed E-state index contributed by atoms with van der Waals surface area (Å²) in [5.74, 6) is -0.0248. The van der Waals surface area contributed by atoms with E-state index in [-0.39, 0.29) is 17.3 Å². The summed E-state index contributed by atoms with van der Waals surface area (Å²) in [5, 5.41) is 9.86. The summed E-state index contributed by atoms with van der Waals surface area (Å²) in [4.78, 5) is 18.4. The maximum Gasteiger partial charge on any atom is 0.262 e. The summed E-state index contributed by atoms with van der Waals surface area (Å²) in [6.45, 7) is 3.63. The van der Waals surface area contributed by atoms with Crippen LogP contribution in [0.15, 0.2) is 29.1 Å². The van der Waals surface area contributed by atoms with Crippen LogP contribution < -0.4 is 11.3 Å². The van der Waals surface area contributed by atoms with Crippen molar-refractivity contribution in [2.24, 2.45) is 5.73 Å². The minimum atomic E-state index is -0.435. The molecular weight excluding hydrogens is 230 g/mol. The number of aryl methyl sites for hydroxylation is 1. The molecule has 1 unspecified atom stereocenters. The molecule has 0 radical (unpaired) electrons. The summed E-state index contributed by atoms with van der Waals surface area (Å²) < 4.78 is 0. The van der Waals surface area contributed by atoms with Crippen LogP contribution in [0.3, 0.4) is 0 Å². The van der Waals surface area contributed by atoms with E-state index in [1.54, 1.807) is 19.1 Å². The summed E-state index contributed by atoms with van der Waals surface area (Å²) >= 11 is 0. The van der Waals surface area contributed by atoms with Gasteiger partial charge in [-0.3, -0.25) is 4.79 Å². The molecule has 2 aromatic rings. The van der Waals surface area contributed by atoms with E-state index in [4.69, 9.17) is 5.73 Å². The highest BCUT2D eigenvalue weighted by molar-refractivity contribution is 5.67. The molecule has 18 heavy (non-hydrogen) atoms. The van der Waals surface area contributed by atoms with Crippen molar-refractivity contribution in [2.45, 2.75) is 19.9 Å². The van der Waals surface area contributed by atoms with Gasteiger partial charge in [-0.1, -0.05) is 29.8 Å². The highest BCUT2D eigenvalue weighted by atomic mass is 16.3. The Morgan fingerprint density at radius 3 is 2.44 bits per heavy atom. The van der Waals surface area contributed by atoms with Gasteiger partial charge >= 0.3 is 0 Å². The lowest BCUT2D eigenvalue weighted by Gasteiger charge is -2.08. The fourth-order valence-electron chi connectivity index (χ4n) is 1.67. The fourth-order valence-corrected chi connectivity index (χ4v) is 1.67. The molecule has 5 heteroatoms. The molecular formula is C13H15N3O2. The Kier molecular flexibility index (Phi) is 3.16. The Bertz CT molecular complexity index is 615. The zero-order valence-electron chi connectivity index (χ0n) is 10.3. The molecule has 0 aliphatic carbocycles. The van der Waals surface area contributed by atoms with E-state index in [1.165, 1.54) is 0 Å². The van der Waals surface area contributed by atoms with Gasteiger partial charge in [0.15, 0.2) is 0 Å². The second-order valence-corrected chi connectivity index (χ2v) is 4.30. The summed E-state index contributed by atoms with van der Waals surface area (Å²) in [5.41, 5.74) is 7.10. The number of aromatic hydroxyl groups is 1. The van der Waals surface area contributed by atoms with Gasteiger partial charge in [0, 0.05) is 0 Å². The van der Waals surface area contributed by atoms with E-state index in [0.29, 0.717) is 5.56 Å². The monoisotopic (exact) mass is 245 g/mol. The van der Waals surface area contributed by atoms with Crippen LogP contribution in [0.5, 0.6) is 5.88 Å². The Morgan fingerprint density at radius 1 is 1.33 bits per heavy atom. The number of benzene rings is 1. The number of hydrogen-bond acceptors (Lipinski definition) is 4. The van der Waals surface area contributed by atoms with Crippen LogP contribution in [0.4, 0.5) is 0 Å². The van der Waals surface area contributed by atoms with Gasteiger partial charge in [-0.05, 0) is 19.4 Å². The first-order valence-electron chi connectivity index (χ1n) is 5.65. The molecule has 0 saturated heterocycles. The van der Waals surface area contributed by atoms with Crippen LogP contribution in [0.2, 0.25) is 0 Å². The minimum Gasteiger partial charge on any atom is -0.493 e. The first-order valence-corrected chi connectivity index (χ1v) is 5.65. The normalized spacial score (nSPS) is 12.4. The van der Waals surface area contributed by atoms with Gasteiger partial charge in [-0.15, -0.1) is 0 Å². The van der Waals surface area contributed by atoms with E-state index in [1.807, 2.05) is 19.1 Å². The Labute approximate surface area is 104 Å². The number of aromatic amines is 1. The molecule has 4 N–H and O–H groups in total. The number of H-pyrrole nitrogens is 1. The first-order chi connectivity index (χ1) is 8.49. The molecule has 0 bridgehead atoms. The number of aromatic nitrogens is 2. The second-order valence-electron chi connectivity index (χ2n) is 4.30. The standard InChI is InChI=1S/C13H15N3O2/c1-7-3-5-9(6-4-7)10-12(17)15-11(8(2)14)16-13(10)18/h3-6,8H,14H2,1-2H3,(H2,15,16,17,18). The summed E-state index contributed by atoms with van der Waals surface area (Å²) in [6, 6.07) is 6.84. The molecule has 0 aliphatic rings. The fraction of sp³-hybridized carbons (Fsp3) is 0.231. The Morgan fingerprint density at radius 2 is 1.94 bits per heavy atom. The molecule has 0 aliphatic heterocycles. The van der Waals surface area contributed by atoms with Crippen LogP contribution in [0.25, 0.3) is 11.1 Å². The maximum atomic E-state index is 11.9. The van der Waals surface area contributed by atoms with E-state index in [0.717, 1.165) is 5.56 Å². The predicted octanol–water partition coefficient (Wildman–Crippen LogP) is 1.47. The molecule has 1 aromatic carbocycles. The van der Waals surface area contributed by atoms with Crippen LogP contribution in [-0.2, 0) is 0 Å². The van der Waals surface area contributed by atoms with Gasteiger partial charge in [0.05, 0.1) is 6.04 Å². The van der Waals surface area contributed by atoms with Gasteiger partial charge < -0.3 is 15.8 Å². The third kappa shape index (κ3) is 2.26. The van der Waals surface area contributed by atoms with Crippen molar-refractivity contribution in [3.8, 4) is 17.0 Å². The lowest BCUT2D eigenvalue weighted by atomic mass is 10.1. The average Bonchev–Trinajstić information content (AvgIpc) is 2.30. The molecule has 0 saturated carbocycles. The van der Waals surface area contributed by atoms with Crippen LogP contribution >= 0.6 is 0 Å². The topological polar surface area (TPSA) is 92.0 Å². The van der Waals surface area contributed by atoms with E-state index < -0.39 is 11.6 Å². The zero-order chi connectivity index (χ0) is 13.3. The quantitative estimate of drug-likeness (QED) is 0.747. The van der Waals surface area contributed by atoms with Gasteiger partial charge in [0.1, 0.15) is 11.4 Å². The number of hydrogen-bond donors (Lipinski definition) is 3. The molecule has 0 fully saturated rings. The van der Waals surface area contributed by atoms with Crippen LogP contribution in [-0.4, -0.2) is 15.1 Å². The summed E-state index contributed by atoms with van der Waals surface area (Å²) in [7, 11) is 0. The Balaban J connectivity index is 2.59. The molecule has 0 amide bonds. The Hall–Kier alpha value is -2.14. The number of nitrogens with two attached hydrogens (primary N) is 1. The summed E-state index contributed by atoms with van der Waals surface area (Å²) in [6.07, 6.45) is 0. The minimum absolute atomic E-state index is 0.166. The first kappa shape index (κ1) is 12.3. The molecule has 1 heterocycles. The van der Waals surface area contributed by atoms with Gasteiger partial charge in [-0.25, -0.2) is 0 Å². The predicted molar refractivity (Wildman–Crippen MR) is 69.3 cm³/mol. The number of nitrogens with zero attached hydrogens (tertiary/aromatic N) is 1. The van der Waals surface area contributed by atoms with E-state index >= 15 is 0 Å². The number of rotatable bonds is 2.